The molecule has 1 amide bonds. The first-order chi connectivity index (χ1) is 12.3. The second kappa shape index (κ2) is 16.0. The molecular formula is C23H37NO. The van der Waals surface area contributed by atoms with Gasteiger partial charge in [0, 0.05) is 25.9 Å². The molecule has 1 heterocycles. The fourth-order valence-corrected chi connectivity index (χ4v) is 3.06. The second-order valence-corrected chi connectivity index (χ2v) is 6.94. The third-order valence-electron chi connectivity index (χ3n) is 4.62. The summed E-state index contributed by atoms with van der Waals surface area (Å²) in [6.07, 6.45) is 23.3. The van der Waals surface area contributed by atoms with E-state index in [0.29, 0.717) is 5.91 Å². The number of unbranched alkanes of at least 4 members (excludes halogenated alkanes) is 6. The lowest BCUT2D eigenvalue weighted by Crippen LogP contribution is -2.35. The highest BCUT2D eigenvalue weighted by atomic mass is 16.2. The first-order valence-electron chi connectivity index (χ1n) is 10.4. The lowest BCUT2D eigenvalue weighted by Gasteiger charge is -2.26. The topological polar surface area (TPSA) is 20.3 Å². The Bertz CT molecular complexity index is 446. The predicted molar refractivity (Wildman–Crippen MR) is 108 cm³/mol. The van der Waals surface area contributed by atoms with E-state index < -0.39 is 0 Å². The average molecular weight is 344 g/mol. The minimum absolute atomic E-state index is 0.383. The Morgan fingerprint density at radius 3 is 2.48 bits per heavy atom. The zero-order valence-electron chi connectivity index (χ0n) is 16.3. The van der Waals surface area contributed by atoms with Crippen molar-refractivity contribution in [3.8, 4) is 11.8 Å². The molecule has 1 rings (SSSR count). The number of amides is 1. The summed E-state index contributed by atoms with van der Waals surface area (Å²) in [7, 11) is 0. The van der Waals surface area contributed by atoms with Gasteiger partial charge in [-0.05, 0) is 51.0 Å². The van der Waals surface area contributed by atoms with Crippen LogP contribution >= 0.6 is 0 Å². The van der Waals surface area contributed by atoms with Crippen molar-refractivity contribution in [3.05, 3.63) is 24.3 Å². The standard InChI is InChI=1S/C23H37NO/c1-2-3-4-5-6-7-8-9-10-11-12-13-14-15-17-20-23(25)24-21-18-16-19-22-24/h4-5,9-10H,2-3,8,11-22H2,1H3. The Kier molecular flexibility index (Phi) is 13.8. The molecule has 2 heteroatoms. The molecule has 140 valence electrons. The van der Waals surface area contributed by atoms with E-state index >= 15 is 0 Å². The monoisotopic (exact) mass is 343 g/mol. The number of allylic oxidation sites excluding steroid dienone is 4. The number of carbonyl (C=O) groups excluding carboxylic acids is 1. The van der Waals surface area contributed by atoms with Crippen LogP contribution in [0.3, 0.4) is 0 Å². The van der Waals surface area contributed by atoms with Crippen LogP contribution in [0.15, 0.2) is 24.3 Å². The van der Waals surface area contributed by atoms with Crippen molar-refractivity contribution in [2.45, 2.75) is 90.4 Å². The van der Waals surface area contributed by atoms with E-state index in [9.17, 15) is 4.79 Å². The van der Waals surface area contributed by atoms with Gasteiger partial charge >= 0.3 is 0 Å². The molecule has 1 fully saturated rings. The normalized spacial score (nSPS) is 14.8. The van der Waals surface area contributed by atoms with Crippen LogP contribution < -0.4 is 0 Å². The van der Waals surface area contributed by atoms with Gasteiger partial charge in [-0.15, -0.1) is 0 Å². The highest BCUT2D eigenvalue weighted by molar-refractivity contribution is 5.76. The van der Waals surface area contributed by atoms with Crippen LogP contribution in [-0.2, 0) is 4.79 Å². The van der Waals surface area contributed by atoms with Crippen LogP contribution in [0.4, 0.5) is 0 Å². The van der Waals surface area contributed by atoms with E-state index in [-0.39, 0.29) is 0 Å². The molecule has 25 heavy (non-hydrogen) atoms. The van der Waals surface area contributed by atoms with Gasteiger partial charge in [0.2, 0.25) is 5.91 Å². The Morgan fingerprint density at radius 2 is 1.68 bits per heavy atom. The maximum atomic E-state index is 12.0. The fraction of sp³-hybridized carbons (Fsp3) is 0.696. The maximum absolute atomic E-state index is 12.0. The summed E-state index contributed by atoms with van der Waals surface area (Å²) in [5, 5.41) is 0. The quantitative estimate of drug-likeness (QED) is 0.254. The number of nitrogens with zero attached hydrogens (tertiary/aromatic N) is 1. The maximum Gasteiger partial charge on any atom is 0.222 e. The molecule has 0 radical (unpaired) electrons. The van der Waals surface area contributed by atoms with E-state index in [1.807, 2.05) is 6.08 Å². The van der Waals surface area contributed by atoms with Crippen molar-refractivity contribution in [2.24, 2.45) is 0 Å². The molecule has 0 N–H and O–H groups in total. The second-order valence-electron chi connectivity index (χ2n) is 6.94. The summed E-state index contributed by atoms with van der Waals surface area (Å²) < 4.78 is 0. The molecule has 0 saturated carbocycles. The zero-order valence-corrected chi connectivity index (χ0v) is 16.3. The highest BCUT2D eigenvalue weighted by Crippen LogP contribution is 2.13. The number of hydrogen-bond donors (Lipinski definition) is 0. The van der Waals surface area contributed by atoms with Crippen molar-refractivity contribution in [2.75, 3.05) is 13.1 Å². The van der Waals surface area contributed by atoms with Crippen LogP contribution in [0.5, 0.6) is 0 Å². The van der Waals surface area contributed by atoms with Crippen molar-refractivity contribution >= 4 is 5.91 Å². The van der Waals surface area contributed by atoms with Gasteiger partial charge in [0.1, 0.15) is 0 Å². The molecule has 0 unspecified atom stereocenters. The molecule has 0 aliphatic carbocycles. The van der Waals surface area contributed by atoms with Crippen molar-refractivity contribution in [3.63, 3.8) is 0 Å². The van der Waals surface area contributed by atoms with Gasteiger partial charge in [-0.1, -0.05) is 62.7 Å². The Hall–Kier alpha value is -1.49. The fourth-order valence-electron chi connectivity index (χ4n) is 3.06. The summed E-state index contributed by atoms with van der Waals surface area (Å²) in [5.41, 5.74) is 0. The highest BCUT2D eigenvalue weighted by Gasteiger charge is 2.15. The largest absolute Gasteiger partial charge is 0.343 e. The number of carbonyl (C=O) groups is 1. The Labute approximate surface area is 155 Å². The van der Waals surface area contributed by atoms with E-state index in [1.165, 1.54) is 51.4 Å². The van der Waals surface area contributed by atoms with Gasteiger partial charge in [-0.25, -0.2) is 0 Å². The number of hydrogen-bond acceptors (Lipinski definition) is 1. The molecule has 0 aromatic rings. The smallest absolute Gasteiger partial charge is 0.222 e. The molecule has 0 spiro atoms. The third-order valence-corrected chi connectivity index (χ3v) is 4.62. The predicted octanol–water partition coefficient (Wildman–Crippen LogP) is 6.04. The van der Waals surface area contributed by atoms with Crippen molar-refractivity contribution in [1.82, 2.24) is 4.90 Å². The van der Waals surface area contributed by atoms with Gasteiger partial charge in [0.05, 0.1) is 0 Å². The molecular weight excluding hydrogens is 306 g/mol. The van der Waals surface area contributed by atoms with Crippen LogP contribution in [-0.4, -0.2) is 23.9 Å². The van der Waals surface area contributed by atoms with Gasteiger partial charge in [0.25, 0.3) is 0 Å². The minimum atomic E-state index is 0.383. The van der Waals surface area contributed by atoms with Gasteiger partial charge in [-0.3, -0.25) is 4.79 Å². The average Bonchev–Trinajstić information content (AvgIpc) is 2.65. The Balaban J connectivity index is 1.88. The Morgan fingerprint density at radius 1 is 0.920 bits per heavy atom. The van der Waals surface area contributed by atoms with E-state index in [2.05, 4.69) is 41.9 Å². The van der Waals surface area contributed by atoms with Gasteiger partial charge in [-0.2, -0.15) is 0 Å². The first-order valence-corrected chi connectivity index (χ1v) is 10.4. The van der Waals surface area contributed by atoms with E-state index in [0.717, 1.165) is 45.2 Å². The van der Waals surface area contributed by atoms with E-state index in [4.69, 9.17) is 0 Å². The lowest BCUT2D eigenvalue weighted by atomic mass is 10.1. The van der Waals surface area contributed by atoms with Gasteiger partial charge < -0.3 is 4.90 Å². The summed E-state index contributed by atoms with van der Waals surface area (Å²) >= 11 is 0. The lowest BCUT2D eigenvalue weighted by molar-refractivity contribution is -0.132. The van der Waals surface area contributed by atoms with Crippen LogP contribution in [0.2, 0.25) is 0 Å². The molecule has 0 atom stereocenters. The van der Waals surface area contributed by atoms with Crippen molar-refractivity contribution in [1.29, 1.82) is 0 Å². The zero-order chi connectivity index (χ0) is 18.0. The third kappa shape index (κ3) is 12.5. The van der Waals surface area contributed by atoms with Crippen LogP contribution in [0.25, 0.3) is 0 Å². The van der Waals surface area contributed by atoms with Crippen molar-refractivity contribution < 1.29 is 4.79 Å². The summed E-state index contributed by atoms with van der Waals surface area (Å²) in [6, 6.07) is 0. The molecule has 0 aromatic carbocycles. The van der Waals surface area contributed by atoms with Crippen LogP contribution in [0, 0.1) is 11.8 Å². The molecule has 0 bridgehead atoms. The SMILES string of the molecule is CCCC=CC#CCC=CCCCCCCCC(=O)N1CCCCC1. The summed E-state index contributed by atoms with van der Waals surface area (Å²) in [5.74, 6) is 6.59. The van der Waals surface area contributed by atoms with E-state index in [1.54, 1.807) is 0 Å². The van der Waals surface area contributed by atoms with Gasteiger partial charge in [0.15, 0.2) is 0 Å². The summed E-state index contributed by atoms with van der Waals surface area (Å²) in [6.45, 7) is 4.16. The summed E-state index contributed by atoms with van der Waals surface area (Å²) in [4.78, 5) is 14.1. The minimum Gasteiger partial charge on any atom is -0.343 e. The number of likely N-dealkylation sites (tertiary alicyclic amines) is 1. The first kappa shape index (κ1) is 21.6. The molecule has 0 aromatic heterocycles. The number of rotatable bonds is 11. The number of piperidine rings is 1. The molecule has 2 nitrogen and oxygen atoms in total. The molecule has 1 saturated heterocycles. The van der Waals surface area contributed by atoms with Crippen LogP contribution in [0.1, 0.15) is 90.4 Å². The molecule has 1 aliphatic heterocycles. The molecule has 1 aliphatic rings.